The van der Waals surface area contributed by atoms with E-state index in [4.69, 9.17) is 5.26 Å². The van der Waals surface area contributed by atoms with Crippen molar-refractivity contribution in [2.24, 2.45) is 5.92 Å². The van der Waals surface area contributed by atoms with Gasteiger partial charge in [0.2, 0.25) is 0 Å². The van der Waals surface area contributed by atoms with Gasteiger partial charge in [-0.3, -0.25) is 4.79 Å². The Morgan fingerprint density at radius 1 is 1.35 bits per heavy atom. The first kappa shape index (κ1) is 16.0. The molecule has 0 bridgehead atoms. The number of alkyl halides is 3. The fourth-order valence-corrected chi connectivity index (χ4v) is 1.78. The van der Waals surface area contributed by atoms with Crippen LogP contribution in [0.1, 0.15) is 37.4 Å². The normalized spacial score (nSPS) is 14.2. The molecular weight excluding hydrogens is 269 g/mol. The van der Waals surface area contributed by atoms with Crippen molar-refractivity contribution in [1.29, 1.82) is 5.26 Å². The fourth-order valence-electron chi connectivity index (χ4n) is 1.78. The molecule has 0 fully saturated rings. The first-order valence-electron chi connectivity index (χ1n) is 6.17. The number of hydrogen-bond acceptors (Lipinski definition) is 2. The molecule has 0 aliphatic rings. The van der Waals surface area contributed by atoms with E-state index in [1.807, 2.05) is 18.3 Å². The number of hydrogen-bond donors (Lipinski definition) is 1. The number of carbonyl (C=O) groups excluding carboxylic acids is 1. The van der Waals surface area contributed by atoms with Crippen molar-refractivity contribution in [2.45, 2.75) is 32.5 Å². The summed E-state index contributed by atoms with van der Waals surface area (Å²) in [5.74, 6) is -2.11. The average molecular weight is 284 g/mol. The summed E-state index contributed by atoms with van der Waals surface area (Å²) in [4.78, 5) is 11.1. The summed E-state index contributed by atoms with van der Waals surface area (Å²) in [6.45, 7) is 3.60. The molecule has 0 saturated heterocycles. The van der Waals surface area contributed by atoms with Crippen molar-refractivity contribution >= 4 is 5.91 Å². The zero-order chi connectivity index (χ0) is 15.3. The Morgan fingerprint density at radius 2 is 1.90 bits per heavy atom. The number of carbonyl (C=O) groups is 1. The van der Waals surface area contributed by atoms with E-state index in [0.29, 0.717) is 17.5 Å². The van der Waals surface area contributed by atoms with Gasteiger partial charge in [0, 0.05) is 0 Å². The third-order valence-corrected chi connectivity index (χ3v) is 3.16. The van der Waals surface area contributed by atoms with Crippen LogP contribution >= 0.6 is 0 Å². The lowest BCUT2D eigenvalue weighted by atomic mass is 9.92. The topological polar surface area (TPSA) is 52.9 Å². The SMILES string of the molecule is CCC(C)[C@H](NC(=O)C(F)(F)F)c1ccc(C#N)cc1. The first-order valence-corrected chi connectivity index (χ1v) is 6.17. The molecule has 3 nitrogen and oxygen atoms in total. The summed E-state index contributed by atoms with van der Waals surface area (Å²) in [5, 5.41) is 10.7. The van der Waals surface area contributed by atoms with E-state index in [9.17, 15) is 18.0 Å². The van der Waals surface area contributed by atoms with Crippen LogP contribution in [0.5, 0.6) is 0 Å². The summed E-state index contributed by atoms with van der Waals surface area (Å²) in [6.07, 6.45) is -4.29. The zero-order valence-electron chi connectivity index (χ0n) is 11.2. The highest BCUT2D eigenvalue weighted by Crippen LogP contribution is 2.26. The number of nitrogens with one attached hydrogen (secondary N) is 1. The Morgan fingerprint density at radius 3 is 2.30 bits per heavy atom. The van der Waals surface area contributed by atoms with E-state index in [2.05, 4.69) is 0 Å². The summed E-state index contributed by atoms with van der Waals surface area (Å²) >= 11 is 0. The number of nitrogens with zero attached hydrogens (tertiary/aromatic N) is 1. The van der Waals surface area contributed by atoms with Crippen LogP contribution in [-0.2, 0) is 4.79 Å². The Kier molecular flexibility index (Phi) is 5.14. The smallest absolute Gasteiger partial charge is 0.341 e. The van der Waals surface area contributed by atoms with Gasteiger partial charge in [-0.1, -0.05) is 32.4 Å². The van der Waals surface area contributed by atoms with Crippen LogP contribution in [0.2, 0.25) is 0 Å². The molecule has 1 rings (SSSR count). The maximum Gasteiger partial charge on any atom is 0.471 e. The van der Waals surface area contributed by atoms with Crippen LogP contribution in [0.4, 0.5) is 13.2 Å². The summed E-state index contributed by atoms with van der Waals surface area (Å²) < 4.78 is 37.1. The number of amides is 1. The van der Waals surface area contributed by atoms with Gasteiger partial charge in [-0.15, -0.1) is 0 Å². The van der Waals surface area contributed by atoms with Gasteiger partial charge in [-0.05, 0) is 23.6 Å². The number of halogens is 3. The van der Waals surface area contributed by atoms with E-state index in [1.165, 1.54) is 12.1 Å². The van der Waals surface area contributed by atoms with Crippen molar-refractivity contribution in [1.82, 2.24) is 5.32 Å². The molecule has 0 aliphatic carbocycles. The van der Waals surface area contributed by atoms with Crippen LogP contribution in [-0.4, -0.2) is 12.1 Å². The van der Waals surface area contributed by atoms with E-state index >= 15 is 0 Å². The van der Waals surface area contributed by atoms with E-state index < -0.39 is 18.1 Å². The maximum absolute atomic E-state index is 12.4. The number of benzene rings is 1. The summed E-state index contributed by atoms with van der Waals surface area (Å²) in [7, 11) is 0. The lowest BCUT2D eigenvalue weighted by molar-refractivity contribution is -0.174. The zero-order valence-corrected chi connectivity index (χ0v) is 11.2. The van der Waals surface area contributed by atoms with Gasteiger partial charge in [0.1, 0.15) is 0 Å². The largest absolute Gasteiger partial charge is 0.471 e. The standard InChI is InChI=1S/C14H15F3N2O/c1-3-9(2)12(19-13(20)14(15,16)17)11-6-4-10(8-18)5-7-11/h4-7,9,12H,3H2,1-2H3,(H,19,20)/t9?,12-/m0/s1. The predicted molar refractivity (Wildman–Crippen MR) is 67.6 cm³/mol. The van der Waals surface area contributed by atoms with Crippen molar-refractivity contribution in [3.8, 4) is 6.07 Å². The van der Waals surface area contributed by atoms with E-state index in [0.717, 1.165) is 0 Å². The first-order chi connectivity index (χ1) is 9.29. The van der Waals surface area contributed by atoms with Crippen LogP contribution < -0.4 is 5.32 Å². The lowest BCUT2D eigenvalue weighted by Gasteiger charge is -2.25. The van der Waals surface area contributed by atoms with Crippen molar-refractivity contribution in [3.05, 3.63) is 35.4 Å². The maximum atomic E-state index is 12.4. The molecule has 0 radical (unpaired) electrons. The molecule has 0 heterocycles. The molecule has 2 atom stereocenters. The van der Waals surface area contributed by atoms with Gasteiger partial charge in [0.05, 0.1) is 17.7 Å². The molecule has 0 aromatic heterocycles. The van der Waals surface area contributed by atoms with Crippen LogP contribution in [0.25, 0.3) is 0 Å². The lowest BCUT2D eigenvalue weighted by Crippen LogP contribution is -2.41. The molecule has 1 amide bonds. The van der Waals surface area contributed by atoms with Crippen molar-refractivity contribution in [2.75, 3.05) is 0 Å². The van der Waals surface area contributed by atoms with Gasteiger partial charge in [-0.2, -0.15) is 18.4 Å². The van der Waals surface area contributed by atoms with Crippen LogP contribution in [0.15, 0.2) is 24.3 Å². The second-order valence-corrected chi connectivity index (χ2v) is 4.57. The Labute approximate surface area is 115 Å². The quantitative estimate of drug-likeness (QED) is 0.922. The highest BCUT2D eigenvalue weighted by molar-refractivity contribution is 5.82. The molecule has 1 aromatic carbocycles. The molecule has 1 unspecified atom stereocenters. The van der Waals surface area contributed by atoms with Gasteiger partial charge in [-0.25, -0.2) is 0 Å². The minimum atomic E-state index is -4.90. The molecule has 0 aliphatic heterocycles. The second kappa shape index (κ2) is 6.42. The second-order valence-electron chi connectivity index (χ2n) is 4.57. The summed E-state index contributed by atoms with van der Waals surface area (Å²) in [6, 6.07) is 7.36. The fraction of sp³-hybridized carbons (Fsp3) is 0.429. The number of nitriles is 1. The molecule has 0 spiro atoms. The minimum Gasteiger partial charge on any atom is -0.341 e. The van der Waals surface area contributed by atoms with Gasteiger partial charge < -0.3 is 5.32 Å². The molecule has 108 valence electrons. The van der Waals surface area contributed by atoms with Crippen LogP contribution in [0.3, 0.4) is 0 Å². The third-order valence-electron chi connectivity index (χ3n) is 3.16. The van der Waals surface area contributed by atoms with Crippen molar-refractivity contribution in [3.63, 3.8) is 0 Å². The van der Waals surface area contributed by atoms with E-state index in [1.54, 1.807) is 19.1 Å². The molecular formula is C14H15F3N2O. The predicted octanol–water partition coefficient (Wildman–Crippen LogP) is 3.32. The van der Waals surface area contributed by atoms with Gasteiger partial charge >= 0.3 is 12.1 Å². The molecule has 6 heteroatoms. The Hall–Kier alpha value is -2.03. The van der Waals surface area contributed by atoms with Gasteiger partial charge in [0.25, 0.3) is 0 Å². The molecule has 1 aromatic rings. The van der Waals surface area contributed by atoms with Crippen LogP contribution in [0, 0.1) is 17.2 Å². The number of rotatable bonds is 4. The minimum absolute atomic E-state index is 0.158. The average Bonchev–Trinajstić information content (AvgIpc) is 2.42. The Bertz CT molecular complexity index is 503. The molecule has 1 N–H and O–H groups in total. The third kappa shape index (κ3) is 3.98. The molecule has 20 heavy (non-hydrogen) atoms. The van der Waals surface area contributed by atoms with E-state index in [-0.39, 0.29) is 5.92 Å². The highest BCUT2D eigenvalue weighted by atomic mass is 19.4. The summed E-state index contributed by atoms with van der Waals surface area (Å²) in [5.41, 5.74) is 0.967. The Balaban J connectivity index is 3.00. The molecule has 0 saturated carbocycles. The monoisotopic (exact) mass is 284 g/mol. The van der Waals surface area contributed by atoms with Gasteiger partial charge in [0.15, 0.2) is 0 Å². The highest BCUT2D eigenvalue weighted by Gasteiger charge is 2.40. The van der Waals surface area contributed by atoms with Crippen molar-refractivity contribution < 1.29 is 18.0 Å².